The maximum Gasteiger partial charge on any atom is 0.136 e. The van der Waals surface area contributed by atoms with Crippen LogP contribution in [0.4, 0.5) is 5.69 Å². The lowest BCUT2D eigenvalue weighted by Gasteiger charge is -2.09. The minimum atomic E-state index is 0.249. The molecule has 3 nitrogen and oxygen atoms in total. The number of hydrogen-bond donors (Lipinski definition) is 2. The smallest absolute Gasteiger partial charge is 0.136 e. The molecule has 0 radical (unpaired) electrons. The van der Waals surface area contributed by atoms with Gasteiger partial charge in [-0.1, -0.05) is 18.2 Å². The topological polar surface area (TPSA) is 55.5 Å². The van der Waals surface area contributed by atoms with Crippen LogP contribution >= 0.6 is 15.9 Å². The van der Waals surface area contributed by atoms with Crippen molar-refractivity contribution < 1.29 is 9.84 Å². The van der Waals surface area contributed by atoms with E-state index in [0.717, 1.165) is 10.0 Å². The van der Waals surface area contributed by atoms with Crippen LogP contribution in [0.15, 0.2) is 46.9 Å². The Hall–Kier alpha value is -1.68. The average molecular weight is 294 g/mol. The zero-order chi connectivity index (χ0) is 12.3. The first kappa shape index (κ1) is 11.8. The van der Waals surface area contributed by atoms with Gasteiger partial charge in [0.2, 0.25) is 0 Å². The van der Waals surface area contributed by atoms with Crippen LogP contribution in [0.1, 0.15) is 5.56 Å². The van der Waals surface area contributed by atoms with Crippen LogP contribution < -0.4 is 10.5 Å². The van der Waals surface area contributed by atoms with Gasteiger partial charge < -0.3 is 15.6 Å². The van der Waals surface area contributed by atoms with Crippen molar-refractivity contribution in [1.82, 2.24) is 0 Å². The Bertz CT molecular complexity index is 511. The first-order valence-electron chi connectivity index (χ1n) is 5.11. The van der Waals surface area contributed by atoms with Crippen LogP contribution in [0.2, 0.25) is 0 Å². The highest BCUT2D eigenvalue weighted by Crippen LogP contribution is 2.30. The number of halogens is 1. The largest absolute Gasteiger partial charge is 0.508 e. The molecule has 0 aliphatic rings. The van der Waals surface area contributed by atoms with E-state index in [1.807, 2.05) is 24.3 Å². The van der Waals surface area contributed by atoms with Crippen LogP contribution in [-0.2, 0) is 6.61 Å². The van der Waals surface area contributed by atoms with E-state index in [-0.39, 0.29) is 5.75 Å². The highest BCUT2D eigenvalue weighted by atomic mass is 79.9. The highest BCUT2D eigenvalue weighted by molar-refractivity contribution is 9.10. The molecule has 2 rings (SSSR count). The molecule has 88 valence electrons. The third kappa shape index (κ3) is 2.91. The normalized spacial score (nSPS) is 10.2. The molecule has 0 fully saturated rings. The molecular formula is C13H12BrNO2. The van der Waals surface area contributed by atoms with Gasteiger partial charge in [-0.25, -0.2) is 0 Å². The molecule has 0 aromatic heterocycles. The summed E-state index contributed by atoms with van der Waals surface area (Å²) in [4.78, 5) is 0. The van der Waals surface area contributed by atoms with Crippen LogP contribution in [0, 0.1) is 0 Å². The number of phenols is 1. The van der Waals surface area contributed by atoms with Crippen molar-refractivity contribution in [2.75, 3.05) is 5.73 Å². The lowest BCUT2D eigenvalue weighted by Crippen LogP contribution is -1.97. The molecule has 3 N–H and O–H groups in total. The monoisotopic (exact) mass is 293 g/mol. The number of anilines is 1. The van der Waals surface area contributed by atoms with Crippen LogP contribution in [0.5, 0.6) is 11.5 Å². The fraction of sp³-hybridized carbons (Fsp3) is 0.0769. The van der Waals surface area contributed by atoms with E-state index >= 15 is 0 Å². The number of rotatable bonds is 3. The summed E-state index contributed by atoms with van der Waals surface area (Å²) in [6, 6.07) is 12.4. The number of nitrogen functional groups attached to an aromatic ring is 1. The maximum absolute atomic E-state index is 9.16. The molecule has 0 unspecified atom stereocenters. The van der Waals surface area contributed by atoms with Gasteiger partial charge in [0.1, 0.15) is 18.1 Å². The van der Waals surface area contributed by atoms with Crippen molar-refractivity contribution in [3.05, 3.63) is 52.5 Å². The number of ether oxygens (including phenoxy) is 1. The molecular weight excluding hydrogens is 282 g/mol. The average Bonchev–Trinajstić information content (AvgIpc) is 2.33. The molecule has 0 saturated carbocycles. The van der Waals surface area contributed by atoms with E-state index < -0.39 is 0 Å². The van der Waals surface area contributed by atoms with Crippen molar-refractivity contribution in [2.45, 2.75) is 6.61 Å². The number of nitrogens with two attached hydrogens (primary N) is 1. The molecule has 2 aromatic rings. The summed E-state index contributed by atoms with van der Waals surface area (Å²) in [5, 5.41) is 9.16. The fourth-order valence-electron chi connectivity index (χ4n) is 1.39. The summed E-state index contributed by atoms with van der Waals surface area (Å²) in [6.45, 7) is 0.433. The summed E-state index contributed by atoms with van der Waals surface area (Å²) < 4.78 is 6.40. The van der Waals surface area contributed by atoms with Crippen molar-refractivity contribution >= 4 is 21.6 Å². The number of phenolic OH excluding ortho intramolecular Hbond substituents is 1. The van der Waals surface area contributed by atoms with Gasteiger partial charge >= 0.3 is 0 Å². The summed E-state index contributed by atoms with van der Waals surface area (Å²) in [6.07, 6.45) is 0. The number of benzene rings is 2. The summed E-state index contributed by atoms with van der Waals surface area (Å²) in [7, 11) is 0. The third-order valence-electron chi connectivity index (χ3n) is 2.32. The van der Waals surface area contributed by atoms with E-state index in [1.54, 1.807) is 18.2 Å². The first-order chi connectivity index (χ1) is 8.16. The summed E-state index contributed by atoms with van der Waals surface area (Å²) in [5.41, 5.74) is 7.38. The van der Waals surface area contributed by atoms with Crippen LogP contribution in [0.3, 0.4) is 0 Å². The van der Waals surface area contributed by atoms with E-state index in [1.165, 1.54) is 0 Å². The molecule has 17 heavy (non-hydrogen) atoms. The first-order valence-corrected chi connectivity index (χ1v) is 5.91. The van der Waals surface area contributed by atoms with Gasteiger partial charge in [0.05, 0.1) is 4.47 Å². The zero-order valence-electron chi connectivity index (χ0n) is 9.06. The molecule has 0 atom stereocenters. The van der Waals surface area contributed by atoms with Gasteiger partial charge in [-0.2, -0.15) is 0 Å². The third-order valence-corrected chi connectivity index (χ3v) is 3.17. The van der Waals surface area contributed by atoms with E-state index in [2.05, 4.69) is 15.9 Å². The van der Waals surface area contributed by atoms with Gasteiger partial charge in [-0.15, -0.1) is 0 Å². The fourth-order valence-corrected chi connectivity index (χ4v) is 1.77. The van der Waals surface area contributed by atoms with Crippen molar-refractivity contribution in [1.29, 1.82) is 0 Å². The van der Waals surface area contributed by atoms with Gasteiger partial charge in [-0.05, 0) is 45.8 Å². The maximum atomic E-state index is 9.16. The number of hydrogen-bond acceptors (Lipinski definition) is 3. The molecule has 0 aliphatic carbocycles. The second kappa shape index (κ2) is 5.10. The summed E-state index contributed by atoms with van der Waals surface area (Å²) >= 11 is 3.38. The Kier molecular flexibility index (Phi) is 3.54. The van der Waals surface area contributed by atoms with E-state index in [9.17, 15) is 0 Å². The van der Waals surface area contributed by atoms with Gasteiger partial charge in [-0.3, -0.25) is 0 Å². The molecule has 0 spiro atoms. The molecule has 0 saturated heterocycles. The Labute approximate surface area is 108 Å². The van der Waals surface area contributed by atoms with E-state index in [0.29, 0.717) is 18.0 Å². The van der Waals surface area contributed by atoms with Gasteiger partial charge in [0, 0.05) is 5.69 Å². The second-order valence-electron chi connectivity index (χ2n) is 3.61. The zero-order valence-corrected chi connectivity index (χ0v) is 10.6. The van der Waals surface area contributed by atoms with Gasteiger partial charge in [0.15, 0.2) is 0 Å². The van der Waals surface area contributed by atoms with Crippen LogP contribution in [-0.4, -0.2) is 5.11 Å². The van der Waals surface area contributed by atoms with Crippen molar-refractivity contribution in [3.63, 3.8) is 0 Å². The quantitative estimate of drug-likeness (QED) is 0.854. The highest BCUT2D eigenvalue weighted by Gasteiger charge is 2.04. The molecule has 0 bridgehead atoms. The predicted octanol–water partition coefficient (Wildman–Crippen LogP) is 3.32. The lowest BCUT2D eigenvalue weighted by molar-refractivity contribution is 0.304. The molecule has 0 amide bonds. The predicted molar refractivity (Wildman–Crippen MR) is 71.0 cm³/mol. The molecule has 4 heteroatoms. The van der Waals surface area contributed by atoms with E-state index in [4.69, 9.17) is 15.6 Å². The Morgan fingerprint density at radius 2 is 1.82 bits per heavy atom. The minimum Gasteiger partial charge on any atom is -0.508 e. The Morgan fingerprint density at radius 1 is 1.12 bits per heavy atom. The minimum absolute atomic E-state index is 0.249. The lowest BCUT2D eigenvalue weighted by atomic mass is 10.2. The molecule has 0 heterocycles. The second-order valence-corrected chi connectivity index (χ2v) is 4.41. The SMILES string of the molecule is Nc1cccc(OCc2ccc(O)cc2)c1Br. The molecule has 0 aliphatic heterocycles. The standard InChI is InChI=1S/C13H12BrNO2/c14-13-11(15)2-1-3-12(13)17-8-9-4-6-10(16)7-5-9/h1-7,16H,8,15H2. The molecule has 2 aromatic carbocycles. The number of aromatic hydroxyl groups is 1. The Morgan fingerprint density at radius 3 is 2.53 bits per heavy atom. The summed E-state index contributed by atoms with van der Waals surface area (Å²) in [5.74, 6) is 0.956. The van der Waals surface area contributed by atoms with Gasteiger partial charge in [0.25, 0.3) is 0 Å². The van der Waals surface area contributed by atoms with Crippen molar-refractivity contribution in [3.8, 4) is 11.5 Å². The van der Waals surface area contributed by atoms with Crippen LogP contribution in [0.25, 0.3) is 0 Å². The van der Waals surface area contributed by atoms with Crippen molar-refractivity contribution in [2.24, 2.45) is 0 Å². The Balaban J connectivity index is 2.07.